The number of hydrogen-bond donors (Lipinski definition) is 0. The molecule has 0 aromatic rings. The van der Waals surface area contributed by atoms with Crippen LogP contribution in [0.5, 0.6) is 0 Å². The van der Waals surface area contributed by atoms with E-state index < -0.39 is 0 Å². The molecule has 0 rings (SSSR count). The van der Waals surface area contributed by atoms with Gasteiger partial charge >= 0.3 is 5.97 Å². The highest BCUT2D eigenvalue weighted by molar-refractivity contribution is 5.66. The van der Waals surface area contributed by atoms with Crippen LogP contribution in [0.2, 0.25) is 0 Å². The summed E-state index contributed by atoms with van der Waals surface area (Å²) in [5, 5.41) is 0. The highest BCUT2D eigenvalue weighted by atomic mass is 16.5. The summed E-state index contributed by atoms with van der Waals surface area (Å²) in [7, 11) is 0. The van der Waals surface area contributed by atoms with Gasteiger partial charge < -0.3 is 4.74 Å². The lowest BCUT2D eigenvalue weighted by Crippen LogP contribution is -2.15. The zero-order chi connectivity index (χ0) is 12.2. The second kappa shape index (κ2) is 10.4. The van der Waals surface area contributed by atoms with Crippen molar-refractivity contribution in [2.45, 2.75) is 58.5 Å². The summed E-state index contributed by atoms with van der Waals surface area (Å²) >= 11 is 0. The van der Waals surface area contributed by atoms with Gasteiger partial charge in [-0.2, -0.15) is 0 Å². The van der Waals surface area contributed by atoms with Gasteiger partial charge in [0, 0.05) is 13.3 Å². The highest BCUT2D eigenvalue weighted by Gasteiger charge is 2.09. The second-order valence-electron chi connectivity index (χ2n) is 3.88. The van der Waals surface area contributed by atoms with E-state index in [0.29, 0.717) is 6.42 Å². The number of aldehydes is 1. The number of carbonyl (C=O) groups is 2. The third-order valence-corrected chi connectivity index (χ3v) is 2.33. The molecule has 0 saturated carbocycles. The van der Waals surface area contributed by atoms with Crippen LogP contribution in [0.15, 0.2) is 12.2 Å². The van der Waals surface area contributed by atoms with Crippen molar-refractivity contribution in [2.75, 3.05) is 0 Å². The lowest BCUT2D eigenvalue weighted by Gasteiger charge is -2.14. The molecular formula is C13H22O3. The lowest BCUT2D eigenvalue weighted by atomic mass is 10.1. The normalized spacial score (nSPS) is 12.6. The summed E-state index contributed by atoms with van der Waals surface area (Å²) < 4.78 is 5.17. The predicted molar refractivity (Wildman–Crippen MR) is 64.1 cm³/mol. The summed E-state index contributed by atoms with van der Waals surface area (Å²) in [6.45, 7) is 3.58. The zero-order valence-corrected chi connectivity index (χ0v) is 10.3. The number of hydrogen-bond acceptors (Lipinski definition) is 3. The molecule has 0 spiro atoms. The Balaban J connectivity index is 3.84. The Labute approximate surface area is 97.9 Å². The number of unbranched alkanes of at least 4 members (excludes halogenated alkanes) is 3. The van der Waals surface area contributed by atoms with Crippen molar-refractivity contribution in [1.29, 1.82) is 0 Å². The van der Waals surface area contributed by atoms with Gasteiger partial charge in [-0.05, 0) is 18.9 Å². The minimum absolute atomic E-state index is 0.0782. The third kappa shape index (κ3) is 9.44. The Morgan fingerprint density at radius 2 is 2.06 bits per heavy atom. The Hall–Kier alpha value is -1.12. The largest absolute Gasteiger partial charge is 0.462 e. The van der Waals surface area contributed by atoms with Crippen LogP contribution in [-0.4, -0.2) is 18.4 Å². The van der Waals surface area contributed by atoms with E-state index in [1.165, 1.54) is 32.3 Å². The van der Waals surface area contributed by atoms with Crippen LogP contribution >= 0.6 is 0 Å². The maximum absolute atomic E-state index is 10.9. The van der Waals surface area contributed by atoms with E-state index in [1.54, 1.807) is 6.08 Å². The van der Waals surface area contributed by atoms with Gasteiger partial charge in [0.15, 0.2) is 0 Å². The fraction of sp³-hybridized carbons (Fsp3) is 0.692. The Kier molecular flexibility index (Phi) is 9.67. The van der Waals surface area contributed by atoms with E-state index in [1.807, 2.05) is 0 Å². The first kappa shape index (κ1) is 14.9. The first-order chi connectivity index (χ1) is 7.70. The van der Waals surface area contributed by atoms with Gasteiger partial charge in [0.05, 0.1) is 0 Å². The van der Waals surface area contributed by atoms with Gasteiger partial charge in [-0.1, -0.05) is 32.3 Å². The quantitative estimate of drug-likeness (QED) is 0.263. The van der Waals surface area contributed by atoms with E-state index in [9.17, 15) is 9.59 Å². The molecule has 0 aromatic carbocycles. The molecular weight excluding hydrogens is 204 g/mol. The van der Waals surface area contributed by atoms with E-state index in [2.05, 4.69) is 6.92 Å². The molecule has 1 atom stereocenters. The van der Waals surface area contributed by atoms with Gasteiger partial charge in [-0.15, -0.1) is 0 Å². The molecule has 16 heavy (non-hydrogen) atoms. The minimum atomic E-state index is -0.250. The van der Waals surface area contributed by atoms with Gasteiger partial charge in [0.25, 0.3) is 0 Å². The van der Waals surface area contributed by atoms with Crippen LogP contribution in [0.1, 0.15) is 52.4 Å². The van der Waals surface area contributed by atoms with Crippen molar-refractivity contribution in [3.05, 3.63) is 12.2 Å². The van der Waals surface area contributed by atoms with Crippen molar-refractivity contribution < 1.29 is 14.3 Å². The summed E-state index contributed by atoms with van der Waals surface area (Å²) in [5.74, 6) is -0.250. The van der Waals surface area contributed by atoms with Crippen LogP contribution in [0, 0.1) is 0 Å². The molecule has 0 heterocycles. The maximum atomic E-state index is 10.9. The van der Waals surface area contributed by atoms with Crippen LogP contribution in [-0.2, 0) is 14.3 Å². The van der Waals surface area contributed by atoms with Crippen molar-refractivity contribution >= 4 is 12.3 Å². The molecule has 0 aliphatic rings. The fourth-order valence-corrected chi connectivity index (χ4v) is 1.54. The monoisotopic (exact) mass is 226 g/mol. The predicted octanol–water partition coefficient (Wildman–Crippen LogP) is 3.03. The molecule has 0 aromatic heterocycles. The third-order valence-electron chi connectivity index (χ3n) is 2.33. The van der Waals surface area contributed by atoms with E-state index in [0.717, 1.165) is 19.1 Å². The first-order valence-electron chi connectivity index (χ1n) is 5.98. The molecule has 0 bridgehead atoms. The number of carbonyl (C=O) groups excluding carboxylic acids is 2. The topological polar surface area (TPSA) is 43.4 Å². The van der Waals surface area contributed by atoms with Crippen molar-refractivity contribution in [3.63, 3.8) is 0 Å². The Morgan fingerprint density at radius 1 is 1.31 bits per heavy atom. The van der Waals surface area contributed by atoms with E-state index in [4.69, 9.17) is 4.74 Å². The number of ether oxygens (including phenoxy) is 1. The SMILES string of the molecule is CCCCCC[C@@H](CC=CC=O)OC(C)=O. The van der Waals surface area contributed by atoms with Crippen LogP contribution in [0.25, 0.3) is 0 Å². The molecule has 3 heteroatoms. The van der Waals surface area contributed by atoms with Crippen LogP contribution < -0.4 is 0 Å². The van der Waals surface area contributed by atoms with E-state index >= 15 is 0 Å². The van der Waals surface area contributed by atoms with Crippen molar-refractivity contribution in [3.8, 4) is 0 Å². The summed E-state index contributed by atoms with van der Waals surface area (Å²) in [4.78, 5) is 21.0. The Morgan fingerprint density at radius 3 is 2.62 bits per heavy atom. The average molecular weight is 226 g/mol. The second-order valence-corrected chi connectivity index (χ2v) is 3.88. The maximum Gasteiger partial charge on any atom is 0.302 e. The molecule has 92 valence electrons. The molecule has 0 aliphatic heterocycles. The van der Waals surface area contributed by atoms with Crippen LogP contribution in [0.4, 0.5) is 0 Å². The molecule has 0 radical (unpaired) electrons. The van der Waals surface area contributed by atoms with E-state index in [-0.39, 0.29) is 12.1 Å². The van der Waals surface area contributed by atoms with Gasteiger partial charge in [0.1, 0.15) is 12.4 Å². The zero-order valence-electron chi connectivity index (χ0n) is 10.3. The fourth-order valence-electron chi connectivity index (χ4n) is 1.54. The highest BCUT2D eigenvalue weighted by Crippen LogP contribution is 2.12. The molecule has 0 aliphatic carbocycles. The molecule has 3 nitrogen and oxygen atoms in total. The van der Waals surface area contributed by atoms with Gasteiger partial charge in [-0.25, -0.2) is 0 Å². The minimum Gasteiger partial charge on any atom is -0.462 e. The molecule has 0 fully saturated rings. The number of esters is 1. The molecule has 0 amide bonds. The number of rotatable bonds is 9. The van der Waals surface area contributed by atoms with Crippen molar-refractivity contribution in [1.82, 2.24) is 0 Å². The molecule has 0 unspecified atom stereocenters. The van der Waals surface area contributed by atoms with Gasteiger partial charge in [-0.3, -0.25) is 9.59 Å². The first-order valence-corrected chi connectivity index (χ1v) is 5.98. The molecule has 0 N–H and O–H groups in total. The summed E-state index contributed by atoms with van der Waals surface area (Å²) in [5.41, 5.74) is 0. The van der Waals surface area contributed by atoms with Crippen molar-refractivity contribution in [2.24, 2.45) is 0 Å². The lowest BCUT2D eigenvalue weighted by molar-refractivity contribution is -0.146. The van der Waals surface area contributed by atoms with Gasteiger partial charge in [0.2, 0.25) is 0 Å². The number of allylic oxidation sites excluding steroid dienone is 1. The smallest absolute Gasteiger partial charge is 0.302 e. The average Bonchev–Trinajstić information content (AvgIpc) is 2.23. The molecule has 0 saturated heterocycles. The Bertz CT molecular complexity index is 221. The summed E-state index contributed by atoms with van der Waals surface area (Å²) in [6, 6.07) is 0. The van der Waals surface area contributed by atoms with Crippen LogP contribution in [0.3, 0.4) is 0 Å². The standard InChI is InChI=1S/C13H22O3/c1-3-4-5-6-9-13(16-12(2)15)10-7-8-11-14/h7-8,11,13H,3-6,9-10H2,1-2H3/t13-/m0/s1. The summed E-state index contributed by atoms with van der Waals surface area (Å²) in [6.07, 6.45) is 10.0.